The van der Waals surface area contributed by atoms with Gasteiger partial charge in [0, 0.05) is 49.5 Å². The number of Topliss-reactive ketones (excluding diaryl/α,β-unsaturated/α-hetero) is 2. The summed E-state index contributed by atoms with van der Waals surface area (Å²) < 4.78 is 25.3. The number of phenolic OH excluding ortho intramolecular Hbond substituents is 1. The highest BCUT2D eigenvalue weighted by Crippen LogP contribution is 2.66. The van der Waals surface area contributed by atoms with Gasteiger partial charge in [-0.15, -0.1) is 0 Å². The number of hydrogen-bond acceptors (Lipinski definition) is 8. The summed E-state index contributed by atoms with van der Waals surface area (Å²) in [6, 6.07) is 1.50. The topological polar surface area (TPSA) is 94.5 Å². The van der Waals surface area contributed by atoms with Crippen LogP contribution in [0.3, 0.4) is 0 Å². The molecule has 2 saturated heterocycles. The van der Waals surface area contributed by atoms with Crippen molar-refractivity contribution < 1.29 is 33.6 Å². The van der Waals surface area contributed by atoms with Gasteiger partial charge in [0.1, 0.15) is 28.4 Å². The number of ketones is 2. The molecule has 1 aromatic rings. The van der Waals surface area contributed by atoms with Gasteiger partial charge in [0.25, 0.3) is 0 Å². The number of carbonyl (C=O) groups is 2. The lowest BCUT2D eigenvalue weighted by Crippen LogP contribution is -2.74. The molecule has 4 bridgehead atoms. The second-order valence-electron chi connectivity index (χ2n) is 12.5. The van der Waals surface area contributed by atoms with Crippen LogP contribution in [0.25, 0.3) is 6.08 Å². The Bertz CT molecular complexity index is 1380. The maximum Gasteiger partial charge on any atom is 0.200 e. The van der Waals surface area contributed by atoms with E-state index < -0.39 is 22.7 Å². The highest BCUT2D eigenvalue weighted by Gasteiger charge is 2.79. The Morgan fingerprint density at radius 1 is 1.18 bits per heavy atom. The molecule has 39 heavy (non-hydrogen) atoms. The number of ether oxygens (including phenoxy) is 4. The molecule has 3 aliphatic carbocycles. The van der Waals surface area contributed by atoms with Crippen LogP contribution in [0.1, 0.15) is 50.0 Å². The van der Waals surface area contributed by atoms with Crippen LogP contribution < -0.4 is 9.47 Å². The normalized spacial score (nSPS) is 35.4. The van der Waals surface area contributed by atoms with Gasteiger partial charge in [-0.25, -0.2) is 0 Å². The molecule has 4 heterocycles. The van der Waals surface area contributed by atoms with E-state index in [1.807, 2.05) is 52.0 Å². The van der Waals surface area contributed by atoms with Crippen molar-refractivity contribution in [1.29, 1.82) is 0 Å². The fourth-order valence-electron chi connectivity index (χ4n) is 7.61. The van der Waals surface area contributed by atoms with Crippen LogP contribution in [0.15, 0.2) is 35.4 Å². The third-order valence-corrected chi connectivity index (χ3v) is 9.45. The summed E-state index contributed by atoms with van der Waals surface area (Å²) in [5.41, 5.74) is -0.938. The molecule has 1 unspecified atom stereocenters. The van der Waals surface area contributed by atoms with Crippen LogP contribution in [0.4, 0.5) is 0 Å². The number of phenols is 1. The fraction of sp³-hybridized carbons (Fsp3) is 0.548. The van der Waals surface area contributed by atoms with Crippen molar-refractivity contribution in [2.75, 3.05) is 39.5 Å². The second kappa shape index (κ2) is 8.29. The van der Waals surface area contributed by atoms with E-state index in [4.69, 9.17) is 18.9 Å². The van der Waals surface area contributed by atoms with Crippen molar-refractivity contribution in [3.05, 3.63) is 46.6 Å². The molecule has 0 radical (unpaired) electrons. The molecule has 1 N–H and O–H groups in total. The maximum atomic E-state index is 14.4. The Morgan fingerprint density at radius 3 is 2.69 bits per heavy atom. The Labute approximate surface area is 228 Å². The summed E-state index contributed by atoms with van der Waals surface area (Å²) in [6.07, 6.45) is 7.97. The average Bonchev–Trinajstić information content (AvgIpc) is 3.17. The summed E-state index contributed by atoms with van der Waals surface area (Å²) in [7, 11) is 0. The van der Waals surface area contributed by atoms with Crippen LogP contribution in [0, 0.1) is 17.8 Å². The monoisotopic (exact) mass is 533 g/mol. The summed E-state index contributed by atoms with van der Waals surface area (Å²) in [5.74, 6) is -0.496. The van der Waals surface area contributed by atoms with E-state index in [0.29, 0.717) is 49.7 Å². The fourth-order valence-corrected chi connectivity index (χ4v) is 7.61. The largest absolute Gasteiger partial charge is 0.507 e. The highest BCUT2D eigenvalue weighted by molar-refractivity contribution is 6.18. The number of hydrogen-bond donors (Lipinski definition) is 1. The van der Waals surface area contributed by atoms with Gasteiger partial charge in [0.05, 0.1) is 25.4 Å². The van der Waals surface area contributed by atoms with E-state index in [1.54, 1.807) is 0 Å². The quantitative estimate of drug-likeness (QED) is 0.586. The predicted octanol–water partition coefficient (Wildman–Crippen LogP) is 3.72. The summed E-state index contributed by atoms with van der Waals surface area (Å²) >= 11 is 0. The number of morpholine rings is 1. The number of aromatic hydroxyl groups is 1. The van der Waals surface area contributed by atoms with Crippen molar-refractivity contribution in [3.8, 4) is 17.2 Å². The zero-order chi connectivity index (χ0) is 27.3. The first-order valence-corrected chi connectivity index (χ1v) is 13.9. The van der Waals surface area contributed by atoms with E-state index in [0.717, 1.165) is 18.7 Å². The van der Waals surface area contributed by atoms with Gasteiger partial charge in [-0.1, -0.05) is 17.7 Å². The molecule has 1 spiro atoms. The van der Waals surface area contributed by atoms with Crippen molar-refractivity contribution in [2.45, 2.75) is 50.9 Å². The molecular weight excluding hydrogens is 498 g/mol. The zero-order valence-corrected chi connectivity index (χ0v) is 22.9. The minimum Gasteiger partial charge on any atom is -0.507 e. The average molecular weight is 534 g/mol. The van der Waals surface area contributed by atoms with Gasteiger partial charge in [0.2, 0.25) is 0 Å². The lowest BCUT2D eigenvalue weighted by Gasteiger charge is -2.59. The molecule has 0 amide bonds. The van der Waals surface area contributed by atoms with E-state index >= 15 is 0 Å². The summed E-state index contributed by atoms with van der Waals surface area (Å²) in [4.78, 5) is 31.0. The van der Waals surface area contributed by atoms with Gasteiger partial charge in [-0.3, -0.25) is 14.5 Å². The van der Waals surface area contributed by atoms with Crippen LogP contribution in [0.5, 0.6) is 17.2 Å². The Hall–Kier alpha value is -2.94. The van der Waals surface area contributed by atoms with Crippen molar-refractivity contribution in [3.63, 3.8) is 0 Å². The number of rotatable bonds is 4. The molecule has 8 heteroatoms. The predicted molar refractivity (Wildman–Crippen MR) is 143 cm³/mol. The third-order valence-electron chi connectivity index (χ3n) is 9.45. The SMILES string of the molecule is CC(C)=CCC12OC[C@@H]3[C@@H](CN4CCOCC4)[C@@H](C=C4C(=O)c5c(O)cc6c(c5O[C@]431)C=CC(C)(C)O6)C2=O. The number of nitrogens with zero attached hydrogens (tertiary/aromatic N) is 1. The Balaban J connectivity index is 1.42. The Morgan fingerprint density at radius 2 is 1.95 bits per heavy atom. The van der Waals surface area contributed by atoms with E-state index in [-0.39, 0.29) is 40.5 Å². The molecule has 1 saturated carbocycles. The van der Waals surface area contributed by atoms with Gasteiger partial charge in [0.15, 0.2) is 22.8 Å². The van der Waals surface area contributed by atoms with E-state index in [2.05, 4.69) is 4.90 Å². The number of fused-ring (bicyclic) bond motifs is 3. The van der Waals surface area contributed by atoms with Crippen LogP contribution in [0.2, 0.25) is 0 Å². The molecule has 0 aromatic heterocycles. The zero-order valence-electron chi connectivity index (χ0n) is 22.9. The number of allylic oxidation sites excluding steroid dienone is 2. The standard InChI is InChI=1S/C31H35NO7/c1-17(2)5-8-30-28(35)19-13-21-26(34)25-23(33)14-24-18(6-7-29(3,4)38-24)27(25)39-31(21,30)22(16-37-30)20(19)15-32-9-11-36-12-10-32/h5-7,13-14,19-20,22,33H,8-12,15-16H2,1-4H3/t19-,20+,22-,30?,31-/m1/s1. The van der Waals surface area contributed by atoms with Crippen LogP contribution in [-0.4, -0.2) is 77.8 Å². The number of carbonyl (C=O) groups excluding carboxylic acids is 2. The minimum absolute atomic E-state index is 0.0195. The highest BCUT2D eigenvalue weighted by atomic mass is 16.6. The molecular formula is C31H35NO7. The van der Waals surface area contributed by atoms with Gasteiger partial charge in [-0.2, -0.15) is 0 Å². The van der Waals surface area contributed by atoms with Gasteiger partial charge < -0.3 is 24.1 Å². The van der Waals surface area contributed by atoms with E-state index in [1.165, 1.54) is 6.07 Å². The first-order valence-electron chi connectivity index (χ1n) is 13.9. The first-order chi connectivity index (χ1) is 18.6. The van der Waals surface area contributed by atoms with Gasteiger partial charge in [-0.05, 0) is 45.8 Å². The van der Waals surface area contributed by atoms with Crippen molar-refractivity contribution in [2.24, 2.45) is 17.8 Å². The molecule has 1 aromatic carbocycles. The van der Waals surface area contributed by atoms with Crippen LogP contribution >= 0.6 is 0 Å². The maximum absolute atomic E-state index is 14.4. The summed E-state index contributed by atoms with van der Waals surface area (Å²) in [6.45, 7) is 11.8. The lowest BCUT2D eigenvalue weighted by atomic mass is 9.49. The molecule has 206 valence electrons. The smallest absolute Gasteiger partial charge is 0.200 e. The molecule has 3 fully saturated rings. The summed E-state index contributed by atoms with van der Waals surface area (Å²) in [5, 5.41) is 11.1. The molecule has 5 atom stereocenters. The first kappa shape index (κ1) is 25.1. The van der Waals surface area contributed by atoms with E-state index in [9.17, 15) is 14.7 Å². The minimum atomic E-state index is -1.31. The third kappa shape index (κ3) is 3.28. The van der Waals surface area contributed by atoms with Crippen molar-refractivity contribution >= 4 is 17.6 Å². The van der Waals surface area contributed by atoms with Crippen LogP contribution in [-0.2, 0) is 14.3 Å². The number of benzene rings is 1. The molecule has 8 nitrogen and oxygen atoms in total. The van der Waals surface area contributed by atoms with Gasteiger partial charge >= 0.3 is 0 Å². The molecule has 8 rings (SSSR count). The molecule has 7 aliphatic rings. The lowest BCUT2D eigenvalue weighted by molar-refractivity contribution is -0.171. The Kier molecular flexibility index (Phi) is 5.32. The second-order valence-corrected chi connectivity index (χ2v) is 12.5. The molecule has 4 aliphatic heterocycles. The van der Waals surface area contributed by atoms with Crippen molar-refractivity contribution in [1.82, 2.24) is 4.90 Å².